The molecule has 100 valence electrons. The number of benzene rings is 2. The summed E-state index contributed by atoms with van der Waals surface area (Å²) in [7, 11) is -3.37. The van der Waals surface area contributed by atoms with Gasteiger partial charge in [-0.1, -0.05) is 36.4 Å². The summed E-state index contributed by atoms with van der Waals surface area (Å²) >= 11 is 1.58. The summed E-state index contributed by atoms with van der Waals surface area (Å²) < 4.78 is 26.7. The molecule has 5 heteroatoms. The summed E-state index contributed by atoms with van der Waals surface area (Å²) in [5, 5.41) is 0. The summed E-state index contributed by atoms with van der Waals surface area (Å²) in [6.07, 6.45) is 1.96. The standard InChI is InChI=1S/C14H15NO2S2/c1-18-14-9-5-8-13(10-14)15-19(16,17)11-12-6-3-2-4-7-12/h2-10,15H,11H2,1H3. The van der Waals surface area contributed by atoms with Crippen molar-refractivity contribution in [2.75, 3.05) is 11.0 Å². The van der Waals surface area contributed by atoms with Crippen LogP contribution in [0.2, 0.25) is 0 Å². The van der Waals surface area contributed by atoms with Gasteiger partial charge in [-0.2, -0.15) is 0 Å². The van der Waals surface area contributed by atoms with Gasteiger partial charge in [-0.3, -0.25) is 4.72 Å². The quantitative estimate of drug-likeness (QED) is 0.860. The molecule has 1 N–H and O–H groups in total. The highest BCUT2D eigenvalue weighted by Gasteiger charge is 2.11. The van der Waals surface area contributed by atoms with Crippen LogP contribution in [0, 0.1) is 0 Å². The van der Waals surface area contributed by atoms with Crippen LogP contribution in [0.3, 0.4) is 0 Å². The van der Waals surface area contributed by atoms with Crippen molar-refractivity contribution in [1.82, 2.24) is 0 Å². The highest BCUT2D eigenvalue weighted by atomic mass is 32.2. The summed E-state index contributed by atoms with van der Waals surface area (Å²) in [5.41, 5.74) is 1.37. The molecule has 0 saturated heterocycles. The van der Waals surface area contributed by atoms with Gasteiger partial charge in [-0.15, -0.1) is 11.8 Å². The van der Waals surface area contributed by atoms with E-state index >= 15 is 0 Å². The highest BCUT2D eigenvalue weighted by molar-refractivity contribution is 7.98. The van der Waals surface area contributed by atoms with Crippen molar-refractivity contribution in [1.29, 1.82) is 0 Å². The van der Waals surface area contributed by atoms with Crippen LogP contribution in [0.4, 0.5) is 5.69 Å². The first kappa shape index (κ1) is 14.0. The molecule has 0 heterocycles. The molecule has 0 aromatic heterocycles. The number of thioether (sulfide) groups is 1. The van der Waals surface area contributed by atoms with Gasteiger partial charge in [-0.25, -0.2) is 8.42 Å². The van der Waals surface area contributed by atoms with E-state index in [2.05, 4.69) is 4.72 Å². The third-order valence-corrected chi connectivity index (χ3v) is 4.53. The Labute approximate surface area is 118 Å². The zero-order valence-corrected chi connectivity index (χ0v) is 12.2. The SMILES string of the molecule is CSc1cccc(NS(=O)(=O)Cc2ccccc2)c1. The van der Waals surface area contributed by atoms with Crippen LogP contribution in [0.5, 0.6) is 0 Å². The number of anilines is 1. The van der Waals surface area contributed by atoms with Crippen LogP contribution < -0.4 is 4.72 Å². The monoisotopic (exact) mass is 293 g/mol. The molecular weight excluding hydrogens is 278 g/mol. The van der Waals surface area contributed by atoms with E-state index in [1.807, 2.05) is 42.7 Å². The molecule has 0 fully saturated rings. The lowest BCUT2D eigenvalue weighted by molar-refractivity contribution is 0.600. The Hall–Kier alpha value is -1.46. The van der Waals surface area contributed by atoms with Crippen LogP contribution in [0.1, 0.15) is 5.56 Å². The average Bonchev–Trinajstić information content (AvgIpc) is 2.39. The van der Waals surface area contributed by atoms with Crippen LogP contribution in [0.15, 0.2) is 59.5 Å². The lowest BCUT2D eigenvalue weighted by Gasteiger charge is -2.09. The molecule has 0 aliphatic rings. The van der Waals surface area contributed by atoms with Gasteiger partial charge < -0.3 is 0 Å². The van der Waals surface area contributed by atoms with E-state index in [-0.39, 0.29) is 5.75 Å². The lowest BCUT2D eigenvalue weighted by atomic mass is 10.2. The average molecular weight is 293 g/mol. The fourth-order valence-corrected chi connectivity index (χ4v) is 3.34. The number of hydrogen-bond donors (Lipinski definition) is 1. The van der Waals surface area contributed by atoms with E-state index in [1.165, 1.54) is 0 Å². The molecule has 0 spiro atoms. The maximum Gasteiger partial charge on any atom is 0.236 e. The van der Waals surface area contributed by atoms with E-state index in [0.29, 0.717) is 5.69 Å². The van der Waals surface area contributed by atoms with Crippen molar-refractivity contribution >= 4 is 27.5 Å². The molecule has 0 amide bonds. The molecular formula is C14H15NO2S2. The van der Waals surface area contributed by atoms with Gasteiger partial charge in [0.1, 0.15) is 0 Å². The van der Waals surface area contributed by atoms with Gasteiger partial charge in [0.15, 0.2) is 0 Å². The Balaban J connectivity index is 2.12. The van der Waals surface area contributed by atoms with E-state index in [9.17, 15) is 8.42 Å². The van der Waals surface area contributed by atoms with Gasteiger partial charge in [0.2, 0.25) is 10.0 Å². The van der Waals surface area contributed by atoms with Gasteiger partial charge >= 0.3 is 0 Å². The minimum atomic E-state index is -3.37. The lowest BCUT2D eigenvalue weighted by Crippen LogP contribution is -2.14. The molecule has 0 bridgehead atoms. The maximum absolute atomic E-state index is 12.1. The smallest absolute Gasteiger partial charge is 0.236 e. The van der Waals surface area contributed by atoms with Crippen molar-refractivity contribution in [3.8, 4) is 0 Å². The predicted molar refractivity (Wildman–Crippen MR) is 80.9 cm³/mol. The highest BCUT2D eigenvalue weighted by Crippen LogP contribution is 2.20. The third-order valence-electron chi connectivity index (χ3n) is 2.54. The number of rotatable bonds is 5. The summed E-state index contributed by atoms with van der Waals surface area (Å²) in [5.74, 6) is -0.0165. The summed E-state index contributed by atoms with van der Waals surface area (Å²) in [6.45, 7) is 0. The van der Waals surface area contributed by atoms with Crippen molar-refractivity contribution in [2.24, 2.45) is 0 Å². The Morgan fingerprint density at radius 3 is 2.47 bits per heavy atom. The molecule has 19 heavy (non-hydrogen) atoms. The van der Waals surface area contributed by atoms with Gasteiger partial charge in [-0.05, 0) is 30.0 Å². The largest absolute Gasteiger partial charge is 0.283 e. The zero-order valence-electron chi connectivity index (χ0n) is 10.5. The van der Waals surface area contributed by atoms with Gasteiger partial charge in [0.05, 0.1) is 5.75 Å². The molecule has 0 saturated carbocycles. The topological polar surface area (TPSA) is 46.2 Å². The Morgan fingerprint density at radius 1 is 1.05 bits per heavy atom. The van der Waals surface area contributed by atoms with Gasteiger partial charge in [0.25, 0.3) is 0 Å². The normalized spacial score (nSPS) is 11.2. The molecule has 2 rings (SSSR count). The minimum Gasteiger partial charge on any atom is -0.283 e. The van der Waals surface area contributed by atoms with E-state index in [4.69, 9.17) is 0 Å². The summed E-state index contributed by atoms with van der Waals surface area (Å²) in [6, 6.07) is 16.5. The first-order valence-electron chi connectivity index (χ1n) is 5.77. The third kappa shape index (κ3) is 4.29. The maximum atomic E-state index is 12.1. The van der Waals surface area contributed by atoms with Gasteiger partial charge in [0, 0.05) is 10.6 Å². The van der Waals surface area contributed by atoms with E-state index < -0.39 is 10.0 Å². The number of sulfonamides is 1. The van der Waals surface area contributed by atoms with Crippen LogP contribution in [-0.2, 0) is 15.8 Å². The number of nitrogens with one attached hydrogen (secondary N) is 1. The second-order valence-electron chi connectivity index (χ2n) is 4.08. The number of hydrogen-bond acceptors (Lipinski definition) is 3. The minimum absolute atomic E-state index is 0.0165. The molecule has 2 aromatic carbocycles. The molecule has 0 radical (unpaired) electrons. The zero-order chi connectivity index (χ0) is 13.7. The second-order valence-corrected chi connectivity index (χ2v) is 6.68. The van der Waals surface area contributed by atoms with E-state index in [0.717, 1.165) is 10.5 Å². The second kappa shape index (κ2) is 6.12. The molecule has 0 unspecified atom stereocenters. The van der Waals surface area contributed by atoms with E-state index in [1.54, 1.807) is 30.0 Å². The van der Waals surface area contributed by atoms with Crippen LogP contribution in [-0.4, -0.2) is 14.7 Å². The Kier molecular flexibility index (Phi) is 4.50. The summed E-state index contributed by atoms with van der Waals surface area (Å²) in [4.78, 5) is 1.03. The fourth-order valence-electron chi connectivity index (χ4n) is 1.70. The van der Waals surface area contributed by atoms with Crippen LogP contribution in [0.25, 0.3) is 0 Å². The molecule has 0 aliphatic heterocycles. The molecule has 0 aliphatic carbocycles. The Bertz CT molecular complexity index is 640. The van der Waals surface area contributed by atoms with Crippen molar-refractivity contribution in [2.45, 2.75) is 10.6 Å². The Morgan fingerprint density at radius 2 is 1.79 bits per heavy atom. The van der Waals surface area contributed by atoms with Crippen molar-refractivity contribution in [3.05, 3.63) is 60.2 Å². The molecule has 3 nitrogen and oxygen atoms in total. The molecule has 0 atom stereocenters. The predicted octanol–water partition coefficient (Wildman–Crippen LogP) is 3.35. The molecule has 2 aromatic rings. The first-order chi connectivity index (χ1) is 9.09. The first-order valence-corrected chi connectivity index (χ1v) is 8.65. The fraction of sp³-hybridized carbons (Fsp3) is 0.143. The van der Waals surface area contributed by atoms with Crippen molar-refractivity contribution in [3.63, 3.8) is 0 Å². The van der Waals surface area contributed by atoms with Crippen LogP contribution >= 0.6 is 11.8 Å². The van der Waals surface area contributed by atoms with Crippen molar-refractivity contribution < 1.29 is 8.42 Å².